The van der Waals surface area contributed by atoms with E-state index in [0.717, 1.165) is 12.8 Å². The maximum atomic E-state index is 12.4. The fourth-order valence-electron chi connectivity index (χ4n) is 3.07. The van der Waals surface area contributed by atoms with Crippen LogP contribution in [0.4, 0.5) is 5.69 Å². The summed E-state index contributed by atoms with van der Waals surface area (Å²) in [4.78, 5) is 36.3. The highest BCUT2D eigenvalue weighted by molar-refractivity contribution is 5.94. The molecule has 1 aliphatic heterocycles. The Labute approximate surface area is 146 Å². The van der Waals surface area contributed by atoms with Gasteiger partial charge in [-0.2, -0.15) is 0 Å². The second-order valence-corrected chi connectivity index (χ2v) is 6.42. The lowest BCUT2D eigenvalue weighted by Crippen LogP contribution is -2.49. The molecule has 1 aliphatic rings. The summed E-state index contributed by atoms with van der Waals surface area (Å²) in [5.74, 6) is 0.205. The topological polar surface area (TPSA) is 119 Å². The number of benzene rings is 1. The predicted molar refractivity (Wildman–Crippen MR) is 93.0 cm³/mol. The van der Waals surface area contributed by atoms with Gasteiger partial charge in [-0.05, 0) is 30.9 Å². The summed E-state index contributed by atoms with van der Waals surface area (Å²) >= 11 is 0. The Morgan fingerprint density at radius 1 is 1.36 bits per heavy atom. The number of carbonyl (C=O) groups excluding carboxylic acids is 2. The lowest BCUT2D eigenvalue weighted by Gasteiger charge is -2.38. The number of nitrogens with two attached hydrogens (primary N) is 1. The van der Waals surface area contributed by atoms with E-state index in [0.29, 0.717) is 24.6 Å². The standard InChI is InChI=1S/C17H24N4O4/c1-12-7-9-20(15(10-12)11-18)16(22)6-8-19-17(23)13-2-4-14(5-3-13)21(24)25/h2-5,12,15H,6-11,18H2,1H3,(H,19,23). The molecule has 0 spiro atoms. The van der Waals surface area contributed by atoms with Crippen LogP contribution in [0.1, 0.15) is 36.5 Å². The van der Waals surface area contributed by atoms with E-state index >= 15 is 0 Å². The molecule has 0 bridgehead atoms. The van der Waals surface area contributed by atoms with Crippen LogP contribution in [0.15, 0.2) is 24.3 Å². The van der Waals surface area contributed by atoms with E-state index in [4.69, 9.17) is 5.73 Å². The Kier molecular flexibility index (Phi) is 6.46. The molecule has 0 aromatic heterocycles. The monoisotopic (exact) mass is 348 g/mol. The van der Waals surface area contributed by atoms with Crippen molar-refractivity contribution in [3.8, 4) is 0 Å². The van der Waals surface area contributed by atoms with Crippen molar-refractivity contribution in [2.24, 2.45) is 11.7 Å². The van der Waals surface area contributed by atoms with Crippen molar-refractivity contribution in [3.63, 3.8) is 0 Å². The van der Waals surface area contributed by atoms with Gasteiger partial charge < -0.3 is 16.0 Å². The van der Waals surface area contributed by atoms with Crippen molar-refractivity contribution in [1.82, 2.24) is 10.2 Å². The Morgan fingerprint density at radius 3 is 2.64 bits per heavy atom. The minimum Gasteiger partial charge on any atom is -0.352 e. The van der Waals surface area contributed by atoms with Crippen molar-refractivity contribution in [2.75, 3.05) is 19.6 Å². The van der Waals surface area contributed by atoms with E-state index < -0.39 is 4.92 Å². The first-order valence-electron chi connectivity index (χ1n) is 8.44. The molecule has 2 rings (SSSR count). The zero-order valence-electron chi connectivity index (χ0n) is 14.3. The van der Waals surface area contributed by atoms with Crippen molar-refractivity contribution < 1.29 is 14.5 Å². The summed E-state index contributed by atoms with van der Waals surface area (Å²) in [7, 11) is 0. The molecule has 0 aliphatic carbocycles. The number of piperidine rings is 1. The first-order chi connectivity index (χ1) is 11.9. The number of rotatable bonds is 6. The van der Waals surface area contributed by atoms with Crippen LogP contribution >= 0.6 is 0 Å². The zero-order valence-corrected chi connectivity index (χ0v) is 14.3. The summed E-state index contributed by atoms with van der Waals surface area (Å²) in [6, 6.07) is 5.42. The summed E-state index contributed by atoms with van der Waals surface area (Å²) in [6.45, 7) is 3.54. The smallest absolute Gasteiger partial charge is 0.269 e. The number of nitro groups is 1. The van der Waals surface area contributed by atoms with E-state index in [1.165, 1.54) is 24.3 Å². The first-order valence-corrected chi connectivity index (χ1v) is 8.44. The number of nitrogens with one attached hydrogen (secondary N) is 1. The van der Waals surface area contributed by atoms with Crippen LogP contribution < -0.4 is 11.1 Å². The SMILES string of the molecule is CC1CCN(C(=O)CCNC(=O)c2ccc([N+](=O)[O-])cc2)C(CN)C1. The molecule has 136 valence electrons. The van der Waals surface area contributed by atoms with Crippen molar-refractivity contribution in [2.45, 2.75) is 32.2 Å². The van der Waals surface area contributed by atoms with E-state index in [1.54, 1.807) is 0 Å². The van der Waals surface area contributed by atoms with Gasteiger partial charge in [0.25, 0.3) is 11.6 Å². The highest BCUT2D eigenvalue weighted by Gasteiger charge is 2.28. The molecule has 2 atom stereocenters. The quantitative estimate of drug-likeness (QED) is 0.593. The van der Waals surface area contributed by atoms with Crippen LogP contribution in [0.3, 0.4) is 0 Å². The van der Waals surface area contributed by atoms with Gasteiger partial charge in [-0.3, -0.25) is 19.7 Å². The third kappa shape index (κ3) is 4.99. The van der Waals surface area contributed by atoms with Gasteiger partial charge in [0.2, 0.25) is 5.91 Å². The maximum Gasteiger partial charge on any atom is 0.269 e. The molecule has 1 aromatic carbocycles. The Bertz CT molecular complexity index is 632. The number of nitrogens with zero attached hydrogens (tertiary/aromatic N) is 2. The Balaban J connectivity index is 1.82. The average Bonchev–Trinajstić information content (AvgIpc) is 2.61. The highest BCUT2D eigenvalue weighted by atomic mass is 16.6. The van der Waals surface area contributed by atoms with Crippen LogP contribution in [0.5, 0.6) is 0 Å². The molecule has 2 amide bonds. The zero-order chi connectivity index (χ0) is 18.4. The number of non-ortho nitro benzene ring substituents is 1. The van der Waals surface area contributed by atoms with Gasteiger partial charge in [-0.1, -0.05) is 6.92 Å². The van der Waals surface area contributed by atoms with Crippen LogP contribution in [0, 0.1) is 16.0 Å². The van der Waals surface area contributed by atoms with Crippen molar-refractivity contribution in [3.05, 3.63) is 39.9 Å². The Morgan fingerprint density at radius 2 is 2.04 bits per heavy atom. The van der Waals surface area contributed by atoms with Crippen molar-refractivity contribution in [1.29, 1.82) is 0 Å². The summed E-state index contributed by atoms with van der Waals surface area (Å²) in [5, 5.41) is 13.3. The second kappa shape index (κ2) is 8.57. The molecule has 1 fully saturated rings. The third-order valence-electron chi connectivity index (χ3n) is 4.54. The molecular weight excluding hydrogens is 324 g/mol. The van der Waals surface area contributed by atoms with Crippen LogP contribution in [-0.4, -0.2) is 47.3 Å². The van der Waals surface area contributed by atoms with Crippen LogP contribution in [0.2, 0.25) is 0 Å². The lowest BCUT2D eigenvalue weighted by atomic mass is 9.92. The predicted octanol–water partition coefficient (Wildman–Crippen LogP) is 1.30. The summed E-state index contributed by atoms with van der Waals surface area (Å²) in [5.41, 5.74) is 6.02. The molecule has 25 heavy (non-hydrogen) atoms. The van der Waals surface area contributed by atoms with E-state index in [1.807, 2.05) is 4.90 Å². The van der Waals surface area contributed by atoms with Crippen LogP contribution in [0.25, 0.3) is 0 Å². The molecule has 2 unspecified atom stereocenters. The van der Waals surface area contributed by atoms with Gasteiger partial charge in [0.05, 0.1) is 4.92 Å². The normalized spacial score (nSPS) is 20.2. The summed E-state index contributed by atoms with van der Waals surface area (Å²) in [6.07, 6.45) is 2.10. The summed E-state index contributed by atoms with van der Waals surface area (Å²) < 4.78 is 0. The largest absolute Gasteiger partial charge is 0.352 e. The minimum atomic E-state index is -0.520. The molecule has 1 saturated heterocycles. The number of nitro benzene ring substituents is 1. The number of likely N-dealkylation sites (tertiary alicyclic amines) is 1. The molecule has 8 heteroatoms. The van der Waals surface area contributed by atoms with E-state index in [9.17, 15) is 19.7 Å². The van der Waals surface area contributed by atoms with E-state index in [2.05, 4.69) is 12.2 Å². The molecule has 8 nitrogen and oxygen atoms in total. The Hall–Kier alpha value is -2.48. The molecule has 0 radical (unpaired) electrons. The second-order valence-electron chi connectivity index (χ2n) is 6.42. The number of hydrogen-bond donors (Lipinski definition) is 2. The molecule has 3 N–H and O–H groups in total. The average molecular weight is 348 g/mol. The van der Waals surface area contributed by atoms with Gasteiger partial charge in [-0.25, -0.2) is 0 Å². The van der Waals surface area contributed by atoms with Crippen LogP contribution in [-0.2, 0) is 4.79 Å². The maximum absolute atomic E-state index is 12.4. The molecule has 0 saturated carbocycles. The first kappa shape index (κ1) is 18.9. The fraction of sp³-hybridized carbons (Fsp3) is 0.529. The number of hydrogen-bond acceptors (Lipinski definition) is 5. The number of amides is 2. The van der Waals surface area contributed by atoms with Gasteiger partial charge in [0, 0.05) is 49.8 Å². The molecule has 1 aromatic rings. The third-order valence-corrected chi connectivity index (χ3v) is 4.54. The minimum absolute atomic E-state index is 0.00801. The van der Waals surface area contributed by atoms with E-state index in [-0.39, 0.29) is 36.5 Å². The van der Waals surface area contributed by atoms with Gasteiger partial charge >= 0.3 is 0 Å². The molecular formula is C17H24N4O4. The lowest BCUT2D eigenvalue weighted by molar-refractivity contribution is -0.384. The highest BCUT2D eigenvalue weighted by Crippen LogP contribution is 2.22. The van der Waals surface area contributed by atoms with Gasteiger partial charge in [-0.15, -0.1) is 0 Å². The fourth-order valence-corrected chi connectivity index (χ4v) is 3.07. The van der Waals surface area contributed by atoms with Crippen molar-refractivity contribution >= 4 is 17.5 Å². The molecule has 1 heterocycles. The van der Waals surface area contributed by atoms with Gasteiger partial charge in [0.1, 0.15) is 0 Å². The number of carbonyl (C=O) groups is 2. The van der Waals surface area contributed by atoms with Gasteiger partial charge in [0.15, 0.2) is 0 Å².